The summed E-state index contributed by atoms with van der Waals surface area (Å²) in [5, 5.41) is 24.9. The summed E-state index contributed by atoms with van der Waals surface area (Å²) in [5.74, 6) is 0.187. The molecule has 0 unspecified atom stereocenters. The topological polar surface area (TPSA) is 218 Å². The summed E-state index contributed by atoms with van der Waals surface area (Å²) >= 11 is 6.29. The highest BCUT2D eigenvalue weighted by molar-refractivity contribution is 6.32. The molecule has 3 atom stereocenters. The number of nitrogens with one attached hydrogen (secondary N) is 3. The standard InChI is InChI=1S/C55H64ClN11O8/c1-7-55(73)42-24-46-49-35(28-67(46)52(70)41(42)30-74-53(55)71)22-39-40(29-62(4)5)47(16-14-44(39)59-49)75-54(72)66-27-31(2)65(26-32(66)3)51(69)33-18-20-64(21-19-33)48-17-15-45(60-61-48)50(68)58-36-9-12-37(13-10-36)63(6)38-11-8-34(25-57)43(56)23-38/h8,11,14-17,22-24,31-33,36-37,60-61,73H,7,9-10,12-13,18-21,26-30H2,1-6H3,(H,58,68)/t31-,32+,36?,37?,55-/m0/s1. The number of aromatic nitrogens is 2. The lowest BCUT2D eigenvalue weighted by molar-refractivity contribution is -0.172. The SMILES string of the molecule is CC[C@@]1(O)C(=O)OCc2c1cc1n(c2=O)Cc2cc3c(CN(C)C)c(OC(=O)N4C[C@H](C)N(C(=O)C5CCN(C6=CC=C(C(=O)NC7CCC(N(C)c8ccc(C#N)c(Cl)c8)CC7)NN6)CC5)C[C@H]4C)ccc3nc2-1. The number of hydrogen-bond donors (Lipinski definition) is 4. The van der Waals surface area contributed by atoms with Crippen LogP contribution in [-0.4, -0.2) is 130 Å². The number of piperidine rings is 1. The third-order valence-electron chi connectivity index (χ3n) is 16.2. The molecule has 3 fully saturated rings. The Labute approximate surface area is 440 Å². The van der Waals surface area contributed by atoms with E-state index < -0.39 is 17.7 Å². The molecule has 1 saturated carbocycles. The summed E-state index contributed by atoms with van der Waals surface area (Å²) in [7, 11) is 5.89. The maximum Gasteiger partial charge on any atom is 0.415 e. The Morgan fingerprint density at radius 1 is 0.973 bits per heavy atom. The number of cyclic esters (lactones) is 1. The molecule has 4 aromatic rings. The van der Waals surface area contributed by atoms with Crippen molar-refractivity contribution in [2.45, 2.75) is 115 Å². The van der Waals surface area contributed by atoms with Crippen LogP contribution in [0.4, 0.5) is 10.5 Å². The molecule has 4 N–H and O–H groups in total. The van der Waals surface area contributed by atoms with Crippen LogP contribution in [0.2, 0.25) is 5.02 Å². The number of esters is 1. The largest absolute Gasteiger partial charge is 0.458 e. The molecule has 75 heavy (non-hydrogen) atoms. The Balaban J connectivity index is 0.728. The van der Waals surface area contributed by atoms with Crippen LogP contribution in [0.5, 0.6) is 5.75 Å². The number of fused-ring (bicyclic) bond motifs is 5. The number of allylic oxidation sites excluding steroid dienone is 2. The Morgan fingerprint density at radius 2 is 1.71 bits per heavy atom. The normalized spacial score (nSPS) is 23.4. The number of ether oxygens (including phenoxy) is 2. The third kappa shape index (κ3) is 9.63. The highest BCUT2D eigenvalue weighted by atomic mass is 35.5. The molecular formula is C55H64ClN11O8. The first-order valence-electron chi connectivity index (χ1n) is 25.9. The van der Waals surface area contributed by atoms with E-state index in [1.165, 1.54) is 0 Å². The molecule has 0 radical (unpaired) electrons. The van der Waals surface area contributed by atoms with Crippen molar-refractivity contribution in [2.75, 3.05) is 52.2 Å². The third-order valence-corrected chi connectivity index (χ3v) is 16.5. The second-order valence-electron chi connectivity index (χ2n) is 21.2. The van der Waals surface area contributed by atoms with Gasteiger partial charge in [0.2, 0.25) is 5.91 Å². The molecule has 7 heterocycles. The predicted molar refractivity (Wildman–Crippen MR) is 281 cm³/mol. The second-order valence-corrected chi connectivity index (χ2v) is 21.6. The van der Waals surface area contributed by atoms with Gasteiger partial charge in [-0.1, -0.05) is 18.5 Å². The van der Waals surface area contributed by atoms with Gasteiger partial charge in [0.05, 0.1) is 39.6 Å². The first-order valence-corrected chi connectivity index (χ1v) is 26.3. The van der Waals surface area contributed by atoms with Crippen LogP contribution in [0.1, 0.15) is 93.5 Å². The number of pyridine rings is 2. The second kappa shape index (κ2) is 20.5. The van der Waals surface area contributed by atoms with Gasteiger partial charge in [0.1, 0.15) is 29.9 Å². The minimum absolute atomic E-state index is 0.0477. The monoisotopic (exact) mass is 1040 g/mol. The van der Waals surface area contributed by atoms with Gasteiger partial charge >= 0.3 is 12.1 Å². The number of rotatable bonds is 10. The quantitative estimate of drug-likeness (QED) is 0.132. The van der Waals surface area contributed by atoms with Gasteiger partial charge in [-0.2, -0.15) is 5.26 Å². The van der Waals surface area contributed by atoms with Gasteiger partial charge in [-0.15, -0.1) is 0 Å². The lowest BCUT2D eigenvalue weighted by atomic mass is 9.86. The van der Waals surface area contributed by atoms with Crippen molar-refractivity contribution in [3.8, 4) is 23.2 Å². The van der Waals surface area contributed by atoms with Gasteiger partial charge in [-0.25, -0.2) is 14.6 Å². The van der Waals surface area contributed by atoms with Crippen molar-refractivity contribution >= 4 is 52.1 Å². The molecule has 20 heteroatoms. The number of benzene rings is 2. The first kappa shape index (κ1) is 51.4. The molecule has 10 rings (SSSR count). The maximum atomic E-state index is 14.2. The molecule has 2 aromatic carbocycles. The van der Waals surface area contributed by atoms with E-state index in [1.54, 1.807) is 46.7 Å². The van der Waals surface area contributed by atoms with Gasteiger partial charge in [-0.05, 0) is 128 Å². The molecule has 0 bridgehead atoms. The minimum atomic E-state index is -1.93. The number of amides is 3. The lowest BCUT2D eigenvalue weighted by Gasteiger charge is -2.45. The van der Waals surface area contributed by atoms with Crippen LogP contribution in [0, 0.1) is 17.2 Å². The highest BCUT2D eigenvalue weighted by Gasteiger charge is 2.46. The van der Waals surface area contributed by atoms with Crippen LogP contribution >= 0.6 is 11.6 Å². The van der Waals surface area contributed by atoms with Crippen molar-refractivity contribution < 1.29 is 33.8 Å². The van der Waals surface area contributed by atoms with E-state index in [0.717, 1.165) is 53.7 Å². The van der Waals surface area contributed by atoms with Crippen LogP contribution in [0.25, 0.3) is 22.3 Å². The van der Waals surface area contributed by atoms with Gasteiger partial charge in [0, 0.05) is 97.6 Å². The zero-order chi connectivity index (χ0) is 53.0. The Hall–Kier alpha value is -7.14. The van der Waals surface area contributed by atoms with Crippen LogP contribution in [0.3, 0.4) is 0 Å². The summed E-state index contributed by atoms with van der Waals surface area (Å²) in [6, 6.07) is 14.6. The van der Waals surface area contributed by atoms with E-state index in [9.17, 15) is 34.3 Å². The van der Waals surface area contributed by atoms with Gasteiger partial charge < -0.3 is 49.0 Å². The smallest absolute Gasteiger partial charge is 0.415 e. The average Bonchev–Trinajstić information content (AvgIpc) is 3.79. The van der Waals surface area contributed by atoms with E-state index in [4.69, 9.17) is 26.1 Å². The van der Waals surface area contributed by atoms with Crippen LogP contribution in [-0.2, 0) is 44.4 Å². The summed E-state index contributed by atoms with van der Waals surface area (Å²) < 4.78 is 13.1. The van der Waals surface area contributed by atoms with Crippen molar-refractivity contribution in [1.29, 1.82) is 5.26 Å². The molecule has 394 valence electrons. The molecule has 3 amide bonds. The van der Waals surface area contributed by atoms with Crippen LogP contribution < -0.4 is 31.4 Å². The first-order chi connectivity index (χ1) is 36.0. The fourth-order valence-corrected chi connectivity index (χ4v) is 11.9. The van der Waals surface area contributed by atoms with Crippen molar-refractivity contribution in [3.63, 3.8) is 0 Å². The number of carbonyl (C=O) groups is 4. The number of piperazine rings is 1. The van der Waals surface area contributed by atoms with Crippen LogP contribution in [0.15, 0.2) is 70.9 Å². The molecule has 2 aromatic heterocycles. The fourth-order valence-electron chi connectivity index (χ4n) is 11.7. The number of hydrogen-bond acceptors (Lipinski definition) is 15. The zero-order valence-electron chi connectivity index (χ0n) is 43.2. The number of hydrazine groups is 1. The van der Waals surface area contributed by atoms with E-state index in [1.807, 2.05) is 69.1 Å². The summed E-state index contributed by atoms with van der Waals surface area (Å²) in [6.07, 6.45) is 8.05. The minimum Gasteiger partial charge on any atom is -0.458 e. The Kier molecular flexibility index (Phi) is 14.1. The fraction of sp³-hybridized carbons (Fsp3) is 0.473. The Morgan fingerprint density at radius 3 is 2.39 bits per heavy atom. The maximum absolute atomic E-state index is 14.2. The van der Waals surface area contributed by atoms with E-state index in [-0.39, 0.29) is 72.1 Å². The van der Waals surface area contributed by atoms with Crippen molar-refractivity contribution in [1.82, 2.24) is 45.3 Å². The number of carbonyl (C=O) groups excluding carboxylic acids is 4. The highest BCUT2D eigenvalue weighted by Crippen LogP contribution is 2.41. The van der Waals surface area contributed by atoms with Crippen molar-refractivity contribution in [3.05, 3.63) is 109 Å². The number of anilines is 1. The number of nitrogens with zero attached hydrogens (tertiary/aromatic N) is 8. The molecule has 0 spiro atoms. The average molecular weight is 1040 g/mol. The molecule has 2 saturated heterocycles. The molecule has 5 aliphatic heterocycles. The molecular weight excluding hydrogens is 978 g/mol. The number of aliphatic hydroxyl groups is 1. The molecule has 6 aliphatic rings. The van der Waals surface area contributed by atoms with E-state index in [0.29, 0.717) is 90.5 Å². The number of likely N-dealkylation sites (tertiary alicyclic amines) is 1. The Bertz CT molecular complexity index is 3150. The molecule has 1 aliphatic carbocycles. The van der Waals surface area contributed by atoms with Crippen molar-refractivity contribution in [2.24, 2.45) is 5.92 Å². The van der Waals surface area contributed by atoms with Gasteiger partial charge in [0.15, 0.2) is 5.60 Å². The summed E-state index contributed by atoms with van der Waals surface area (Å²) in [5.41, 5.74) is 9.63. The van der Waals surface area contributed by atoms with E-state index in [2.05, 4.69) is 32.0 Å². The van der Waals surface area contributed by atoms with Gasteiger partial charge in [0.25, 0.3) is 11.5 Å². The summed E-state index contributed by atoms with van der Waals surface area (Å²) in [4.78, 5) is 83.0. The number of halogens is 1. The van der Waals surface area contributed by atoms with Gasteiger partial charge in [-0.3, -0.25) is 25.2 Å². The van der Waals surface area contributed by atoms with E-state index >= 15 is 0 Å². The predicted octanol–water partition coefficient (Wildman–Crippen LogP) is 5.20. The molecule has 19 nitrogen and oxygen atoms in total. The number of nitriles is 1. The summed E-state index contributed by atoms with van der Waals surface area (Å²) in [6.45, 7) is 8.00. The zero-order valence-corrected chi connectivity index (χ0v) is 44.0. The lowest BCUT2D eigenvalue weighted by Crippen LogP contribution is -2.61.